The van der Waals surface area contributed by atoms with E-state index >= 15 is 0 Å². The van der Waals surface area contributed by atoms with Crippen LogP contribution in [-0.2, 0) is 13.0 Å². The third-order valence-electron chi connectivity index (χ3n) is 1.95. The SMILES string of the molecule is CCn1ccnc1CC#CCCCCl. The van der Waals surface area contributed by atoms with Crippen LogP contribution in [0.15, 0.2) is 12.4 Å². The van der Waals surface area contributed by atoms with E-state index in [0.29, 0.717) is 5.88 Å². The van der Waals surface area contributed by atoms with Gasteiger partial charge in [-0.2, -0.15) is 0 Å². The molecule has 0 radical (unpaired) electrons. The average Bonchev–Trinajstić information content (AvgIpc) is 2.65. The van der Waals surface area contributed by atoms with Gasteiger partial charge in [0.25, 0.3) is 0 Å². The van der Waals surface area contributed by atoms with Crippen LogP contribution in [0, 0.1) is 11.8 Å². The molecular weight excluding hydrogens is 196 g/mol. The van der Waals surface area contributed by atoms with Crippen molar-refractivity contribution < 1.29 is 0 Å². The lowest BCUT2D eigenvalue weighted by Crippen LogP contribution is -1.99. The lowest BCUT2D eigenvalue weighted by molar-refractivity contribution is 0.718. The van der Waals surface area contributed by atoms with Crippen molar-refractivity contribution in [3.63, 3.8) is 0 Å². The molecule has 1 heterocycles. The lowest BCUT2D eigenvalue weighted by atomic mass is 10.3. The summed E-state index contributed by atoms with van der Waals surface area (Å²) in [5.41, 5.74) is 0. The number of hydrogen-bond donors (Lipinski definition) is 0. The van der Waals surface area contributed by atoms with Gasteiger partial charge in [0.05, 0.1) is 6.42 Å². The Balaban J connectivity index is 2.39. The van der Waals surface area contributed by atoms with E-state index in [1.807, 2.05) is 12.4 Å². The second-order valence-corrected chi connectivity index (χ2v) is 3.33. The summed E-state index contributed by atoms with van der Waals surface area (Å²) in [6.07, 6.45) is 6.39. The Bertz CT molecular complexity index is 320. The van der Waals surface area contributed by atoms with Crippen molar-refractivity contribution >= 4 is 11.6 Å². The van der Waals surface area contributed by atoms with Gasteiger partial charge in [0.15, 0.2) is 0 Å². The molecule has 76 valence electrons. The third kappa shape index (κ3) is 3.43. The molecule has 0 aliphatic rings. The number of aryl methyl sites for hydroxylation is 1. The smallest absolute Gasteiger partial charge is 0.120 e. The predicted molar refractivity (Wildman–Crippen MR) is 59.3 cm³/mol. The molecule has 0 aromatic carbocycles. The summed E-state index contributed by atoms with van der Waals surface area (Å²) in [7, 11) is 0. The van der Waals surface area contributed by atoms with Crippen LogP contribution < -0.4 is 0 Å². The molecule has 0 spiro atoms. The first-order valence-corrected chi connectivity index (χ1v) is 5.43. The van der Waals surface area contributed by atoms with E-state index in [-0.39, 0.29) is 0 Å². The third-order valence-corrected chi connectivity index (χ3v) is 2.22. The Labute approximate surface area is 90.3 Å². The lowest BCUT2D eigenvalue weighted by Gasteiger charge is -1.99. The van der Waals surface area contributed by atoms with Crippen molar-refractivity contribution in [3.8, 4) is 11.8 Å². The largest absolute Gasteiger partial charge is 0.334 e. The number of alkyl halides is 1. The number of aromatic nitrogens is 2. The zero-order valence-corrected chi connectivity index (χ0v) is 9.22. The van der Waals surface area contributed by atoms with Crippen LogP contribution in [0.25, 0.3) is 0 Å². The molecule has 0 saturated heterocycles. The van der Waals surface area contributed by atoms with E-state index in [9.17, 15) is 0 Å². The fourth-order valence-electron chi connectivity index (χ4n) is 1.18. The number of unbranched alkanes of at least 4 members (excludes halogenated alkanes) is 1. The van der Waals surface area contributed by atoms with Crippen molar-refractivity contribution in [1.29, 1.82) is 0 Å². The second-order valence-electron chi connectivity index (χ2n) is 2.95. The maximum atomic E-state index is 5.54. The molecule has 1 aromatic rings. The van der Waals surface area contributed by atoms with E-state index in [4.69, 9.17) is 11.6 Å². The molecule has 0 atom stereocenters. The molecule has 3 heteroatoms. The summed E-state index contributed by atoms with van der Waals surface area (Å²) in [6, 6.07) is 0. The summed E-state index contributed by atoms with van der Waals surface area (Å²) < 4.78 is 2.11. The Hall–Kier alpha value is -0.940. The molecule has 0 unspecified atom stereocenters. The Morgan fingerprint density at radius 2 is 2.36 bits per heavy atom. The van der Waals surface area contributed by atoms with Crippen LogP contribution in [0.2, 0.25) is 0 Å². The van der Waals surface area contributed by atoms with Gasteiger partial charge in [-0.05, 0) is 13.3 Å². The standard InChI is InChI=1S/C11H15ClN2/c1-2-14-10-9-13-11(14)7-5-3-4-6-8-12/h9-10H,2,4,6-8H2,1H3. The topological polar surface area (TPSA) is 17.8 Å². The average molecular weight is 211 g/mol. The molecule has 0 amide bonds. The van der Waals surface area contributed by atoms with Crippen molar-refractivity contribution in [3.05, 3.63) is 18.2 Å². The minimum Gasteiger partial charge on any atom is -0.334 e. The van der Waals surface area contributed by atoms with Crippen LogP contribution in [0.4, 0.5) is 0 Å². The molecule has 0 aliphatic carbocycles. The maximum absolute atomic E-state index is 5.54. The predicted octanol–water partition coefficient (Wildman–Crippen LogP) is 2.47. The highest BCUT2D eigenvalue weighted by Crippen LogP contribution is 1.97. The highest BCUT2D eigenvalue weighted by atomic mass is 35.5. The van der Waals surface area contributed by atoms with Crippen LogP contribution in [-0.4, -0.2) is 15.4 Å². The van der Waals surface area contributed by atoms with Crippen molar-refractivity contribution in [2.75, 3.05) is 5.88 Å². The molecule has 0 aliphatic heterocycles. The number of rotatable bonds is 4. The molecule has 14 heavy (non-hydrogen) atoms. The first-order chi connectivity index (χ1) is 6.88. The van der Waals surface area contributed by atoms with Crippen LogP contribution in [0.1, 0.15) is 25.6 Å². The van der Waals surface area contributed by atoms with Crippen LogP contribution >= 0.6 is 11.6 Å². The van der Waals surface area contributed by atoms with E-state index < -0.39 is 0 Å². The summed E-state index contributed by atoms with van der Waals surface area (Å²) in [6.45, 7) is 3.06. The molecule has 0 bridgehead atoms. The Kier molecular flexibility index (Phi) is 5.17. The first kappa shape index (κ1) is 11.1. The molecular formula is C11H15ClN2. The zero-order chi connectivity index (χ0) is 10.2. The van der Waals surface area contributed by atoms with Gasteiger partial charge in [-0.15, -0.1) is 17.5 Å². The van der Waals surface area contributed by atoms with Gasteiger partial charge in [0.2, 0.25) is 0 Å². The van der Waals surface area contributed by atoms with Crippen LogP contribution in [0.5, 0.6) is 0 Å². The van der Waals surface area contributed by atoms with Gasteiger partial charge in [0.1, 0.15) is 5.82 Å². The summed E-state index contributed by atoms with van der Waals surface area (Å²) in [5, 5.41) is 0. The van der Waals surface area contributed by atoms with Gasteiger partial charge >= 0.3 is 0 Å². The van der Waals surface area contributed by atoms with Crippen molar-refractivity contribution in [2.45, 2.75) is 32.7 Å². The van der Waals surface area contributed by atoms with Gasteiger partial charge in [-0.1, -0.05) is 5.92 Å². The molecule has 0 fully saturated rings. The quantitative estimate of drug-likeness (QED) is 0.424. The number of halogens is 1. The van der Waals surface area contributed by atoms with E-state index in [0.717, 1.165) is 31.6 Å². The maximum Gasteiger partial charge on any atom is 0.120 e. The van der Waals surface area contributed by atoms with E-state index in [1.165, 1.54) is 0 Å². The Morgan fingerprint density at radius 1 is 1.50 bits per heavy atom. The molecule has 2 nitrogen and oxygen atoms in total. The molecule has 1 aromatic heterocycles. The van der Waals surface area contributed by atoms with Gasteiger partial charge in [-0.3, -0.25) is 0 Å². The monoisotopic (exact) mass is 210 g/mol. The highest BCUT2D eigenvalue weighted by molar-refractivity contribution is 6.17. The van der Waals surface area contributed by atoms with Gasteiger partial charge in [0, 0.05) is 31.2 Å². The van der Waals surface area contributed by atoms with E-state index in [1.54, 1.807) is 0 Å². The summed E-state index contributed by atoms with van der Waals surface area (Å²) >= 11 is 5.54. The van der Waals surface area contributed by atoms with E-state index in [2.05, 4.69) is 28.3 Å². The first-order valence-electron chi connectivity index (χ1n) is 4.90. The number of hydrogen-bond acceptors (Lipinski definition) is 1. The van der Waals surface area contributed by atoms with Crippen molar-refractivity contribution in [1.82, 2.24) is 9.55 Å². The highest BCUT2D eigenvalue weighted by Gasteiger charge is 1.96. The van der Waals surface area contributed by atoms with Crippen molar-refractivity contribution in [2.24, 2.45) is 0 Å². The normalized spacial score (nSPS) is 9.57. The number of nitrogens with zero attached hydrogens (tertiary/aromatic N) is 2. The Morgan fingerprint density at radius 3 is 3.07 bits per heavy atom. The fraction of sp³-hybridized carbons (Fsp3) is 0.545. The molecule has 1 rings (SSSR count). The molecule has 0 saturated carbocycles. The summed E-state index contributed by atoms with van der Waals surface area (Å²) in [4.78, 5) is 4.24. The zero-order valence-electron chi connectivity index (χ0n) is 8.46. The molecule has 0 N–H and O–H groups in total. The second kappa shape index (κ2) is 6.50. The van der Waals surface area contributed by atoms with Crippen LogP contribution in [0.3, 0.4) is 0 Å². The minimum atomic E-state index is 0.693. The van der Waals surface area contributed by atoms with Gasteiger partial charge < -0.3 is 4.57 Å². The number of imidazole rings is 1. The fourth-order valence-corrected chi connectivity index (χ4v) is 1.31. The summed E-state index contributed by atoms with van der Waals surface area (Å²) in [5.74, 6) is 7.93. The van der Waals surface area contributed by atoms with Gasteiger partial charge in [-0.25, -0.2) is 4.98 Å². The minimum absolute atomic E-state index is 0.693.